The zero-order chi connectivity index (χ0) is 6.69. The van der Waals surface area contributed by atoms with Gasteiger partial charge >= 0.3 is 5.97 Å². The fourth-order valence-corrected chi connectivity index (χ4v) is 0.698. The van der Waals surface area contributed by atoms with E-state index in [9.17, 15) is 4.79 Å². The Morgan fingerprint density at radius 2 is 2.56 bits per heavy atom. The van der Waals surface area contributed by atoms with Crippen LogP contribution in [-0.4, -0.2) is 19.7 Å². The van der Waals surface area contributed by atoms with Crippen molar-refractivity contribution in [3.05, 3.63) is 11.8 Å². The van der Waals surface area contributed by atoms with Crippen LogP contribution in [0.15, 0.2) is 11.8 Å². The second-order valence-corrected chi connectivity index (χ2v) is 1.76. The van der Waals surface area contributed by atoms with E-state index in [-0.39, 0.29) is 5.97 Å². The molecule has 0 N–H and O–H groups in total. The quantitative estimate of drug-likeness (QED) is 0.292. The Bertz CT molecular complexity index is 148. The monoisotopic (exact) mass is 128 g/mol. The zero-order valence-electron chi connectivity index (χ0n) is 5.22. The van der Waals surface area contributed by atoms with Crippen LogP contribution >= 0.6 is 0 Å². The number of hydrogen-bond donors (Lipinski definition) is 0. The Morgan fingerprint density at radius 3 is 3.00 bits per heavy atom. The van der Waals surface area contributed by atoms with E-state index >= 15 is 0 Å². The number of rotatable bonds is 1. The van der Waals surface area contributed by atoms with Gasteiger partial charge in [0, 0.05) is 6.42 Å². The molecule has 1 rings (SSSR count). The molecule has 0 atom stereocenters. The molecule has 0 aliphatic carbocycles. The first-order valence-corrected chi connectivity index (χ1v) is 2.73. The van der Waals surface area contributed by atoms with Gasteiger partial charge in [0.05, 0.1) is 25.6 Å². The minimum atomic E-state index is -0.253. The van der Waals surface area contributed by atoms with Gasteiger partial charge in [-0.05, 0) is 0 Å². The maximum atomic E-state index is 10.6. The van der Waals surface area contributed by atoms with Crippen molar-refractivity contribution >= 4 is 5.97 Å². The van der Waals surface area contributed by atoms with E-state index in [1.807, 2.05) is 0 Å². The molecule has 9 heavy (non-hydrogen) atoms. The molecule has 1 fully saturated rings. The molecular formula is C6H8O3. The highest BCUT2D eigenvalue weighted by molar-refractivity contribution is 5.89. The van der Waals surface area contributed by atoms with E-state index in [1.54, 1.807) is 0 Å². The van der Waals surface area contributed by atoms with Gasteiger partial charge in [-0.1, -0.05) is 0 Å². The summed E-state index contributed by atoms with van der Waals surface area (Å²) in [6.07, 6.45) is 2.10. The molecule has 0 aromatic carbocycles. The number of ether oxygens (including phenoxy) is 2. The van der Waals surface area contributed by atoms with E-state index in [1.165, 1.54) is 13.4 Å². The first-order chi connectivity index (χ1) is 4.34. The third kappa shape index (κ3) is 1.22. The smallest absolute Gasteiger partial charge is 0.337 e. The molecule has 1 heterocycles. The molecule has 0 aromatic rings. The lowest BCUT2D eigenvalue weighted by Crippen LogP contribution is -1.94. The second-order valence-electron chi connectivity index (χ2n) is 1.76. The molecule has 0 spiro atoms. The molecule has 0 aromatic heterocycles. The van der Waals surface area contributed by atoms with Crippen molar-refractivity contribution in [2.45, 2.75) is 6.42 Å². The normalized spacial score (nSPS) is 22.3. The Balaban J connectivity index is 2.59. The van der Waals surface area contributed by atoms with Gasteiger partial charge in [0.1, 0.15) is 0 Å². The van der Waals surface area contributed by atoms with Crippen molar-refractivity contribution < 1.29 is 14.3 Å². The fourth-order valence-electron chi connectivity index (χ4n) is 0.698. The topological polar surface area (TPSA) is 35.5 Å². The zero-order valence-corrected chi connectivity index (χ0v) is 5.22. The summed E-state index contributed by atoms with van der Waals surface area (Å²) in [5.74, 6) is -0.253. The Kier molecular flexibility index (Phi) is 1.72. The SMILES string of the molecule is CO/C=C1\CCOC1=O. The molecule has 1 saturated heterocycles. The molecular weight excluding hydrogens is 120 g/mol. The Morgan fingerprint density at radius 1 is 1.78 bits per heavy atom. The minimum Gasteiger partial charge on any atom is -0.504 e. The van der Waals surface area contributed by atoms with E-state index in [2.05, 4.69) is 9.47 Å². The van der Waals surface area contributed by atoms with Crippen LogP contribution in [0.3, 0.4) is 0 Å². The third-order valence-electron chi connectivity index (χ3n) is 1.13. The van der Waals surface area contributed by atoms with Gasteiger partial charge in [-0.3, -0.25) is 0 Å². The van der Waals surface area contributed by atoms with E-state index in [0.29, 0.717) is 18.6 Å². The Labute approximate surface area is 53.3 Å². The minimum absolute atomic E-state index is 0.253. The van der Waals surface area contributed by atoms with E-state index < -0.39 is 0 Å². The summed E-state index contributed by atoms with van der Waals surface area (Å²) in [5, 5.41) is 0. The highest BCUT2D eigenvalue weighted by Crippen LogP contribution is 2.11. The summed E-state index contributed by atoms with van der Waals surface area (Å²) < 4.78 is 9.26. The summed E-state index contributed by atoms with van der Waals surface area (Å²) in [6, 6.07) is 0. The fraction of sp³-hybridized carbons (Fsp3) is 0.500. The number of cyclic esters (lactones) is 1. The lowest BCUT2D eigenvalue weighted by molar-refractivity contribution is -0.135. The largest absolute Gasteiger partial charge is 0.504 e. The van der Waals surface area contributed by atoms with E-state index in [4.69, 9.17) is 0 Å². The standard InChI is InChI=1S/C6H8O3/c1-8-4-5-2-3-9-6(5)7/h4H,2-3H2,1H3/b5-4+. The van der Waals surface area contributed by atoms with Crippen LogP contribution in [0.25, 0.3) is 0 Å². The van der Waals surface area contributed by atoms with Gasteiger partial charge in [0.2, 0.25) is 0 Å². The second kappa shape index (κ2) is 2.53. The molecule has 50 valence electrons. The number of methoxy groups -OCH3 is 1. The number of hydrogen-bond acceptors (Lipinski definition) is 3. The van der Waals surface area contributed by atoms with Gasteiger partial charge in [-0.2, -0.15) is 0 Å². The third-order valence-corrected chi connectivity index (χ3v) is 1.13. The Hall–Kier alpha value is -0.990. The van der Waals surface area contributed by atoms with Crippen molar-refractivity contribution in [3.8, 4) is 0 Å². The van der Waals surface area contributed by atoms with Crippen LogP contribution < -0.4 is 0 Å². The highest BCUT2D eigenvalue weighted by Gasteiger charge is 2.18. The maximum Gasteiger partial charge on any atom is 0.337 e. The predicted octanol–water partition coefficient (Wildman–Crippen LogP) is 0.464. The highest BCUT2D eigenvalue weighted by atomic mass is 16.5. The van der Waals surface area contributed by atoms with Crippen LogP contribution in [0.2, 0.25) is 0 Å². The van der Waals surface area contributed by atoms with Crippen molar-refractivity contribution in [3.63, 3.8) is 0 Å². The summed E-state index contributed by atoms with van der Waals surface area (Å²) in [6.45, 7) is 0.494. The summed E-state index contributed by atoms with van der Waals surface area (Å²) in [5.41, 5.74) is 0.623. The lowest BCUT2D eigenvalue weighted by atomic mass is 10.3. The van der Waals surface area contributed by atoms with Crippen molar-refractivity contribution in [1.82, 2.24) is 0 Å². The van der Waals surface area contributed by atoms with Crippen LogP contribution in [0, 0.1) is 0 Å². The van der Waals surface area contributed by atoms with Gasteiger partial charge in [0.25, 0.3) is 0 Å². The first kappa shape index (κ1) is 6.13. The average Bonchev–Trinajstić information content (AvgIpc) is 2.18. The number of carbonyl (C=O) groups excluding carboxylic acids is 1. The van der Waals surface area contributed by atoms with Crippen LogP contribution in [0.1, 0.15) is 6.42 Å². The molecule has 3 heteroatoms. The molecule has 0 saturated carbocycles. The van der Waals surface area contributed by atoms with E-state index in [0.717, 1.165) is 0 Å². The molecule has 1 aliphatic rings. The molecule has 1 aliphatic heterocycles. The molecule has 3 nitrogen and oxygen atoms in total. The van der Waals surface area contributed by atoms with Crippen molar-refractivity contribution in [2.75, 3.05) is 13.7 Å². The van der Waals surface area contributed by atoms with Crippen LogP contribution in [0.5, 0.6) is 0 Å². The molecule has 0 radical (unpaired) electrons. The summed E-state index contributed by atoms with van der Waals surface area (Å²) in [4.78, 5) is 10.6. The lowest BCUT2D eigenvalue weighted by Gasteiger charge is -1.88. The molecule has 0 bridgehead atoms. The summed E-state index contributed by atoms with van der Waals surface area (Å²) in [7, 11) is 1.51. The maximum absolute atomic E-state index is 10.6. The van der Waals surface area contributed by atoms with Crippen LogP contribution in [0.4, 0.5) is 0 Å². The average molecular weight is 128 g/mol. The molecule has 0 amide bonds. The number of carbonyl (C=O) groups is 1. The van der Waals surface area contributed by atoms with Crippen molar-refractivity contribution in [2.24, 2.45) is 0 Å². The van der Waals surface area contributed by atoms with Crippen molar-refractivity contribution in [1.29, 1.82) is 0 Å². The van der Waals surface area contributed by atoms with Gasteiger partial charge < -0.3 is 9.47 Å². The first-order valence-electron chi connectivity index (χ1n) is 2.73. The number of esters is 1. The van der Waals surface area contributed by atoms with Gasteiger partial charge in [-0.15, -0.1) is 0 Å². The van der Waals surface area contributed by atoms with Gasteiger partial charge in [0.15, 0.2) is 0 Å². The molecule has 0 unspecified atom stereocenters. The van der Waals surface area contributed by atoms with Gasteiger partial charge in [-0.25, -0.2) is 4.79 Å². The predicted molar refractivity (Wildman–Crippen MR) is 30.7 cm³/mol. The van der Waals surface area contributed by atoms with Crippen LogP contribution in [-0.2, 0) is 14.3 Å². The summed E-state index contributed by atoms with van der Waals surface area (Å²) >= 11 is 0.